The molecule has 2 N–H and O–H groups in total. The molecule has 2 heterocycles. The minimum absolute atomic E-state index is 0.564. The molecule has 0 atom stereocenters. The summed E-state index contributed by atoms with van der Waals surface area (Å²) >= 11 is 0. The maximum atomic E-state index is 5.70. The third-order valence-electron chi connectivity index (χ3n) is 2.63. The van der Waals surface area contributed by atoms with E-state index in [1.54, 1.807) is 10.7 Å². The SMILES string of the molecule is Cc1cc(-c2nc3ccc(N)cc3o2)n(C)n1. The predicted molar refractivity (Wildman–Crippen MR) is 65.4 cm³/mol. The Morgan fingerprint density at radius 2 is 2.12 bits per heavy atom. The van der Waals surface area contributed by atoms with Crippen molar-refractivity contribution in [3.05, 3.63) is 30.0 Å². The fraction of sp³-hybridized carbons (Fsp3) is 0.167. The van der Waals surface area contributed by atoms with Crippen LogP contribution < -0.4 is 5.73 Å². The lowest BCUT2D eigenvalue weighted by atomic mass is 10.3. The minimum Gasteiger partial charge on any atom is -0.435 e. The number of aryl methyl sites for hydroxylation is 2. The number of anilines is 1. The van der Waals surface area contributed by atoms with Gasteiger partial charge in [-0.25, -0.2) is 4.98 Å². The summed E-state index contributed by atoms with van der Waals surface area (Å²) in [7, 11) is 1.87. The molecule has 0 aliphatic heterocycles. The first-order chi connectivity index (χ1) is 8.13. The van der Waals surface area contributed by atoms with Gasteiger partial charge in [0.05, 0.1) is 5.69 Å². The van der Waals surface area contributed by atoms with Crippen LogP contribution in [-0.2, 0) is 7.05 Å². The number of benzene rings is 1. The number of nitrogens with zero attached hydrogens (tertiary/aromatic N) is 3. The normalized spacial score (nSPS) is 11.2. The van der Waals surface area contributed by atoms with Gasteiger partial charge >= 0.3 is 0 Å². The molecule has 0 unspecified atom stereocenters. The van der Waals surface area contributed by atoms with E-state index in [0.717, 1.165) is 16.9 Å². The van der Waals surface area contributed by atoms with E-state index in [4.69, 9.17) is 10.2 Å². The van der Waals surface area contributed by atoms with Crippen LogP contribution in [0.4, 0.5) is 5.69 Å². The smallest absolute Gasteiger partial charge is 0.245 e. The van der Waals surface area contributed by atoms with Crippen molar-refractivity contribution >= 4 is 16.8 Å². The summed E-state index contributed by atoms with van der Waals surface area (Å²) in [5.74, 6) is 0.564. The standard InChI is InChI=1S/C12H12N4O/c1-7-5-10(16(2)15-7)12-14-9-4-3-8(13)6-11(9)17-12/h3-6H,13H2,1-2H3. The fourth-order valence-corrected chi connectivity index (χ4v) is 1.86. The Balaban J connectivity index is 2.21. The Morgan fingerprint density at radius 1 is 1.29 bits per heavy atom. The van der Waals surface area contributed by atoms with Crippen molar-refractivity contribution in [2.75, 3.05) is 5.73 Å². The lowest BCUT2D eigenvalue weighted by Crippen LogP contribution is -1.93. The van der Waals surface area contributed by atoms with Crippen LogP contribution in [0.25, 0.3) is 22.7 Å². The Bertz CT molecular complexity index is 696. The van der Waals surface area contributed by atoms with Crippen molar-refractivity contribution in [1.82, 2.24) is 14.8 Å². The van der Waals surface area contributed by atoms with E-state index in [0.29, 0.717) is 17.2 Å². The van der Waals surface area contributed by atoms with Gasteiger partial charge in [-0.1, -0.05) is 0 Å². The molecule has 0 spiro atoms. The second kappa shape index (κ2) is 3.35. The highest BCUT2D eigenvalue weighted by atomic mass is 16.3. The molecule has 86 valence electrons. The highest BCUT2D eigenvalue weighted by Gasteiger charge is 2.12. The largest absolute Gasteiger partial charge is 0.435 e. The van der Waals surface area contributed by atoms with Crippen LogP contribution in [0.1, 0.15) is 5.69 Å². The van der Waals surface area contributed by atoms with Crippen LogP contribution in [0, 0.1) is 6.92 Å². The molecular formula is C12H12N4O. The number of aromatic nitrogens is 3. The summed E-state index contributed by atoms with van der Waals surface area (Å²) in [6.07, 6.45) is 0. The monoisotopic (exact) mass is 228 g/mol. The number of hydrogen-bond acceptors (Lipinski definition) is 4. The summed E-state index contributed by atoms with van der Waals surface area (Å²) in [5, 5.41) is 4.27. The van der Waals surface area contributed by atoms with Gasteiger partial charge in [0.15, 0.2) is 5.58 Å². The Labute approximate surface area is 97.9 Å². The first-order valence-electron chi connectivity index (χ1n) is 5.30. The minimum atomic E-state index is 0.564. The summed E-state index contributed by atoms with van der Waals surface area (Å²) in [6, 6.07) is 7.37. The summed E-state index contributed by atoms with van der Waals surface area (Å²) in [4.78, 5) is 4.42. The molecule has 17 heavy (non-hydrogen) atoms. The zero-order valence-corrected chi connectivity index (χ0v) is 9.64. The molecule has 0 amide bonds. The van der Waals surface area contributed by atoms with Crippen molar-refractivity contribution in [3.63, 3.8) is 0 Å². The zero-order valence-electron chi connectivity index (χ0n) is 9.64. The lowest BCUT2D eigenvalue weighted by molar-refractivity contribution is 0.606. The van der Waals surface area contributed by atoms with Crippen molar-refractivity contribution in [3.8, 4) is 11.6 Å². The molecule has 5 nitrogen and oxygen atoms in total. The summed E-state index contributed by atoms with van der Waals surface area (Å²) in [5.41, 5.74) is 9.65. The van der Waals surface area contributed by atoms with Gasteiger partial charge in [-0.2, -0.15) is 5.10 Å². The second-order valence-corrected chi connectivity index (χ2v) is 4.04. The van der Waals surface area contributed by atoms with E-state index < -0.39 is 0 Å². The molecule has 0 aliphatic carbocycles. The highest BCUT2D eigenvalue weighted by Crippen LogP contribution is 2.25. The highest BCUT2D eigenvalue weighted by molar-refractivity contribution is 5.78. The maximum absolute atomic E-state index is 5.70. The number of nitrogen functional groups attached to an aromatic ring is 1. The Kier molecular flexibility index (Phi) is 1.95. The van der Waals surface area contributed by atoms with Crippen LogP contribution in [0.3, 0.4) is 0 Å². The molecule has 3 rings (SSSR count). The van der Waals surface area contributed by atoms with E-state index in [1.807, 2.05) is 32.2 Å². The average molecular weight is 228 g/mol. The van der Waals surface area contributed by atoms with Gasteiger partial charge in [-0.05, 0) is 25.1 Å². The summed E-state index contributed by atoms with van der Waals surface area (Å²) < 4.78 is 7.43. The number of nitrogens with two attached hydrogens (primary N) is 1. The van der Waals surface area contributed by atoms with Crippen LogP contribution in [0.5, 0.6) is 0 Å². The molecule has 2 aromatic heterocycles. The number of oxazole rings is 1. The summed E-state index contributed by atoms with van der Waals surface area (Å²) in [6.45, 7) is 1.93. The van der Waals surface area contributed by atoms with Crippen molar-refractivity contribution in [2.45, 2.75) is 6.92 Å². The third kappa shape index (κ3) is 1.56. The molecular weight excluding hydrogens is 216 g/mol. The second-order valence-electron chi connectivity index (χ2n) is 4.04. The number of rotatable bonds is 1. The molecule has 1 aromatic carbocycles. The van der Waals surface area contributed by atoms with Crippen molar-refractivity contribution < 1.29 is 4.42 Å². The lowest BCUT2D eigenvalue weighted by Gasteiger charge is -1.93. The van der Waals surface area contributed by atoms with Gasteiger partial charge in [0.2, 0.25) is 5.89 Å². The van der Waals surface area contributed by atoms with Crippen LogP contribution in [0.15, 0.2) is 28.7 Å². The third-order valence-corrected chi connectivity index (χ3v) is 2.63. The van der Waals surface area contributed by atoms with E-state index in [9.17, 15) is 0 Å². The van der Waals surface area contributed by atoms with Gasteiger partial charge in [-0.3, -0.25) is 4.68 Å². The van der Waals surface area contributed by atoms with E-state index >= 15 is 0 Å². The molecule has 5 heteroatoms. The van der Waals surface area contributed by atoms with E-state index in [2.05, 4.69) is 10.1 Å². The molecule has 3 aromatic rings. The van der Waals surface area contributed by atoms with Crippen molar-refractivity contribution in [1.29, 1.82) is 0 Å². The van der Waals surface area contributed by atoms with Gasteiger partial charge in [0.1, 0.15) is 11.2 Å². The molecule has 0 saturated heterocycles. The van der Waals surface area contributed by atoms with Crippen LogP contribution >= 0.6 is 0 Å². The molecule has 0 fully saturated rings. The zero-order chi connectivity index (χ0) is 12.0. The first kappa shape index (κ1) is 9.89. The Hall–Kier alpha value is -2.30. The van der Waals surface area contributed by atoms with Gasteiger partial charge in [-0.15, -0.1) is 0 Å². The van der Waals surface area contributed by atoms with Gasteiger partial charge in [0.25, 0.3) is 0 Å². The van der Waals surface area contributed by atoms with Gasteiger partial charge in [0, 0.05) is 18.8 Å². The van der Waals surface area contributed by atoms with Gasteiger partial charge < -0.3 is 10.2 Å². The Morgan fingerprint density at radius 3 is 2.82 bits per heavy atom. The molecule has 0 saturated carbocycles. The quantitative estimate of drug-likeness (QED) is 0.647. The molecule has 0 bridgehead atoms. The number of fused-ring (bicyclic) bond motifs is 1. The molecule has 0 aliphatic rings. The fourth-order valence-electron chi connectivity index (χ4n) is 1.86. The van der Waals surface area contributed by atoms with E-state index in [-0.39, 0.29) is 0 Å². The first-order valence-corrected chi connectivity index (χ1v) is 5.30. The maximum Gasteiger partial charge on any atom is 0.245 e. The van der Waals surface area contributed by atoms with Crippen LogP contribution in [-0.4, -0.2) is 14.8 Å². The van der Waals surface area contributed by atoms with Crippen LogP contribution in [0.2, 0.25) is 0 Å². The topological polar surface area (TPSA) is 69.9 Å². The van der Waals surface area contributed by atoms with E-state index in [1.165, 1.54) is 0 Å². The number of hydrogen-bond donors (Lipinski definition) is 1. The van der Waals surface area contributed by atoms with Crippen molar-refractivity contribution in [2.24, 2.45) is 7.05 Å². The molecule has 0 radical (unpaired) electrons. The predicted octanol–water partition coefficient (Wildman–Crippen LogP) is 2.12. The average Bonchev–Trinajstić information content (AvgIpc) is 2.80.